The zero-order valence-electron chi connectivity index (χ0n) is 12.1. The molecule has 0 unspecified atom stereocenters. The van der Waals surface area contributed by atoms with Crippen LogP contribution in [-0.2, 0) is 5.60 Å². The molecule has 0 amide bonds. The normalized spacial score (nSPS) is 21.6. The Balaban J connectivity index is 1.52. The molecule has 0 spiro atoms. The van der Waals surface area contributed by atoms with E-state index in [4.69, 9.17) is 10.00 Å². The minimum atomic E-state index is -0.947. The van der Waals surface area contributed by atoms with Crippen LogP contribution in [0, 0.1) is 11.3 Å². The fourth-order valence-corrected chi connectivity index (χ4v) is 2.67. The maximum Gasteiger partial charge on any atom is 0.137 e. The first-order valence-electron chi connectivity index (χ1n) is 7.14. The summed E-state index contributed by atoms with van der Waals surface area (Å²) < 4.78 is 5.67. The van der Waals surface area contributed by atoms with Gasteiger partial charge in [0.05, 0.1) is 11.8 Å². The Labute approximate surface area is 128 Å². The Morgan fingerprint density at radius 2 is 2.32 bits per heavy atom. The molecule has 7 heteroatoms. The summed E-state index contributed by atoms with van der Waals surface area (Å²) >= 11 is 0. The Bertz CT molecular complexity index is 667. The molecule has 1 fully saturated rings. The third-order valence-corrected chi connectivity index (χ3v) is 3.89. The van der Waals surface area contributed by atoms with Crippen LogP contribution in [0.25, 0.3) is 0 Å². The first kappa shape index (κ1) is 14.5. The molecule has 0 radical (unpaired) electrons. The van der Waals surface area contributed by atoms with Gasteiger partial charge in [-0.2, -0.15) is 20.7 Å². The number of para-hydroxylation sites is 1. The van der Waals surface area contributed by atoms with Crippen molar-refractivity contribution < 1.29 is 9.84 Å². The fourth-order valence-electron chi connectivity index (χ4n) is 2.67. The van der Waals surface area contributed by atoms with Gasteiger partial charge in [0, 0.05) is 19.6 Å². The summed E-state index contributed by atoms with van der Waals surface area (Å²) in [6, 6.07) is 9.28. The molecule has 7 nitrogen and oxygen atoms in total. The van der Waals surface area contributed by atoms with Gasteiger partial charge in [-0.3, -0.25) is 4.90 Å². The first-order valence-corrected chi connectivity index (χ1v) is 7.14. The number of hydrogen-bond acceptors (Lipinski definition) is 6. The van der Waals surface area contributed by atoms with Crippen molar-refractivity contribution >= 4 is 0 Å². The number of rotatable bonds is 5. The average Bonchev–Trinajstić information content (AvgIpc) is 3.19. The van der Waals surface area contributed by atoms with E-state index in [1.54, 1.807) is 18.3 Å². The van der Waals surface area contributed by atoms with E-state index in [9.17, 15) is 5.11 Å². The Kier molecular flexibility index (Phi) is 4.04. The highest BCUT2D eigenvalue weighted by molar-refractivity contribution is 5.42. The molecule has 1 aliphatic rings. The van der Waals surface area contributed by atoms with Gasteiger partial charge in [-0.1, -0.05) is 12.1 Å². The number of nitriles is 1. The van der Waals surface area contributed by atoms with E-state index in [1.165, 1.54) is 0 Å². The van der Waals surface area contributed by atoms with E-state index in [-0.39, 0.29) is 0 Å². The highest BCUT2D eigenvalue weighted by Crippen LogP contribution is 2.29. The molecule has 1 aliphatic heterocycles. The quantitative estimate of drug-likeness (QED) is 0.841. The van der Waals surface area contributed by atoms with Gasteiger partial charge in [0.2, 0.25) is 0 Å². The standard InChI is InChI=1S/C15H17N5O2/c16-9-12-3-1-2-4-13(12)22-8-7-20-6-5-15(21,11-20)14-10-17-19-18-14/h1-4,10,21H,5-8,11H2,(H,17,18,19)/t15-/m1/s1. The van der Waals surface area contributed by atoms with Crippen LogP contribution in [0.1, 0.15) is 17.7 Å². The third-order valence-electron chi connectivity index (χ3n) is 3.89. The van der Waals surface area contributed by atoms with Crippen molar-refractivity contribution in [2.24, 2.45) is 0 Å². The van der Waals surface area contributed by atoms with Gasteiger partial charge in [0.1, 0.15) is 29.7 Å². The summed E-state index contributed by atoms with van der Waals surface area (Å²) in [6.07, 6.45) is 2.18. The van der Waals surface area contributed by atoms with Gasteiger partial charge in [-0.05, 0) is 18.6 Å². The second-order valence-corrected chi connectivity index (χ2v) is 5.37. The van der Waals surface area contributed by atoms with E-state index in [1.807, 2.05) is 12.1 Å². The van der Waals surface area contributed by atoms with Crippen LogP contribution in [0.2, 0.25) is 0 Å². The predicted molar refractivity (Wildman–Crippen MR) is 78.0 cm³/mol. The molecule has 0 saturated carbocycles. The van der Waals surface area contributed by atoms with Crippen molar-refractivity contribution in [1.29, 1.82) is 5.26 Å². The van der Waals surface area contributed by atoms with Gasteiger partial charge >= 0.3 is 0 Å². The number of aromatic amines is 1. The molecule has 0 bridgehead atoms. The number of aliphatic hydroxyl groups is 1. The van der Waals surface area contributed by atoms with E-state index in [0.29, 0.717) is 43.1 Å². The summed E-state index contributed by atoms with van der Waals surface area (Å²) in [5.74, 6) is 0.593. The lowest BCUT2D eigenvalue weighted by molar-refractivity contribution is 0.0403. The smallest absolute Gasteiger partial charge is 0.137 e. The van der Waals surface area contributed by atoms with E-state index in [0.717, 1.165) is 6.54 Å². The second-order valence-electron chi connectivity index (χ2n) is 5.37. The van der Waals surface area contributed by atoms with Crippen LogP contribution in [0.4, 0.5) is 0 Å². The highest BCUT2D eigenvalue weighted by Gasteiger charge is 2.39. The van der Waals surface area contributed by atoms with Crippen LogP contribution in [0.15, 0.2) is 30.5 Å². The molecule has 0 aliphatic carbocycles. The van der Waals surface area contributed by atoms with Gasteiger partial charge in [0.15, 0.2) is 0 Å². The zero-order chi connectivity index (χ0) is 15.4. The number of aromatic nitrogens is 3. The number of likely N-dealkylation sites (tertiary alicyclic amines) is 1. The minimum Gasteiger partial charge on any atom is -0.491 e. The monoisotopic (exact) mass is 299 g/mol. The molecule has 1 atom stereocenters. The lowest BCUT2D eigenvalue weighted by Crippen LogP contribution is -2.33. The maximum absolute atomic E-state index is 10.6. The van der Waals surface area contributed by atoms with Crippen molar-refractivity contribution in [3.8, 4) is 11.8 Å². The average molecular weight is 299 g/mol. The number of nitrogens with one attached hydrogen (secondary N) is 1. The molecule has 114 valence electrons. The topological polar surface area (TPSA) is 98.1 Å². The molecule has 22 heavy (non-hydrogen) atoms. The Morgan fingerprint density at radius 3 is 3.09 bits per heavy atom. The van der Waals surface area contributed by atoms with Crippen LogP contribution in [-0.4, -0.2) is 51.7 Å². The van der Waals surface area contributed by atoms with Crippen LogP contribution in [0.3, 0.4) is 0 Å². The highest BCUT2D eigenvalue weighted by atomic mass is 16.5. The van der Waals surface area contributed by atoms with E-state index in [2.05, 4.69) is 26.4 Å². The van der Waals surface area contributed by atoms with E-state index < -0.39 is 5.60 Å². The van der Waals surface area contributed by atoms with Crippen LogP contribution < -0.4 is 4.74 Å². The number of nitrogens with zero attached hydrogens (tertiary/aromatic N) is 4. The summed E-state index contributed by atoms with van der Waals surface area (Å²) in [7, 11) is 0. The number of H-pyrrole nitrogens is 1. The van der Waals surface area contributed by atoms with Gasteiger partial charge in [0.25, 0.3) is 0 Å². The molecule has 2 heterocycles. The van der Waals surface area contributed by atoms with Gasteiger partial charge in [-0.15, -0.1) is 0 Å². The number of benzene rings is 1. The SMILES string of the molecule is N#Cc1ccccc1OCCN1CC[C@](O)(c2cn[nH]n2)C1. The van der Waals surface area contributed by atoms with Crippen molar-refractivity contribution in [2.75, 3.05) is 26.2 Å². The first-order chi connectivity index (χ1) is 10.7. The van der Waals surface area contributed by atoms with Gasteiger partial charge in [-0.25, -0.2) is 0 Å². The molecular formula is C15H17N5O2. The molecule has 1 aromatic carbocycles. The summed E-state index contributed by atoms with van der Waals surface area (Å²) in [6.45, 7) is 2.42. The molecule has 2 aromatic rings. The fraction of sp³-hybridized carbons (Fsp3) is 0.400. The zero-order valence-corrected chi connectivity index (χ0v) is 12.1. The number of β-amino-alcohol motifs (C(OH)–C–C–N with tert-alkyl or cyclic N) is 1. The third kappa shape index (κ3) is 2.93. The summed E-state index contributed by atoms with van der Waals surface area (Å²) in [5.41, 5.74) is 0.158. The summed E-state index contributed by atoms with van der Waals surface area (Å²) in [5, 5.41) is 29.8. The molecule has 1 aromatic heterocycles. The lowest BCUT2D eigenvalue weighted by atomic mass is 10.0. The largest absolute Gasteiger partial charge is 0.491 e. The van der Waals surface area contributed by atoms with Crippen LogP contribution in [0.5, 0.6) is 5.75 Å². The van der Waals surface area contributed by atoms with Crippen LogP contribution >= 0.6 is 0 Å². The molecule has 2 N–H and O–H groups in total. The van der Waals surface area contributed by atoms with Crippen molar-refractivity contribution in [1.82, 2.24) is 20.3 Å². The summed E-state index contributed by atoms with van der Waals surface area (Å²) in [4.78, 5) is 2.11. The Hall–Kier alpha value is -2.43. The van der Waals surface area contributed by atoms with Crippen molar-refractivity contribution in [3.05, 3.63) is 41.7 Å². The van der Waals surface area contributed by atoms with E-state index >= 15 is 0 Å². The van der Waals surface area contributed by atoms with Crippen molar-refractivity contribution in [3.63, 3.8) is 0 Å². The van der Waals surface area contributed by atoms with Gasteiger partial charge < -0.3 is 9.84 Å². The molecular weight excluding hydrogens is 282 g/mol. The minimum absolute atomic E-state index is 0.466. The Morgan fingerprint density at radius 1 is 1.45 bits per heavy atom. The lowest BCUT2D eigenvalue weighted by Gasteiger charge is -2.21. The predicted octanol–water partition coefficient (Wildman–Crippen LogP) is 0.649. The number of hydrogen-bond donors (Lipinski definition) is 2. The number of ether oxygens (including phenoxy) is 1. The molecule has 3 rings (SSSR count). The van der Waals surface area contributed by atoms with Crippen molar-refractivity contribution in [2.45, 2.75) is 12.0 Å². The molecule has 1 saturated heterocycles. The second kappa shape index (κ2) is 6.13. The maximum atomic E-state index is 10.6.